The zero-order valence-corrected chi connectivity index (χ0v) is 23.3. The molecule has 0 unspecified atom stereocenters. The van der Waals surface area contributed by atoms with Gasteiger partial charge in [-0.05, 0) is 69.2 Å². The maximum Gasteiger partial charge on any atom is 0.243 e. The summed E-state index contributed by atoms with van der Waals surface area (Å²) in [6.45, 7) is 20.7. The summed E-state index contributed by atoms with van der Waals surface area (Å²) in [6.07, 6.45) is 8.53. The highest BCUT2D eigenvalue weighted by molar-refractivity contribution is 5.98. The molecule has 0 saturated carbocycles. The van der Waals surface area contributed by atoms with Crippen LogP contribution in [0.3, 0.4) is 0 Å². The van der Waals surface area contributed by atoms with Crippen LogP contribution in [0.1, 0.15) is 77.8 Å². The van der Waals surface area contributed by atoms with Crippen LogP contribution in [0.2, 0.25) is 0 Å². The van der Waals surface area contributed by atoms with Gasteiger partial charge in [0.2, 0.25) is 11.8 Å². The lowest BCUT2D eigenvalue weighted by Gasteiger charge is -2.32. The first-order valence-corrected chi connectivity index (χ1v) is 13.0. The normalized spacial score (nSPS) is 18.1. The highest BCUT2D eigenvalue weighted by Gasteiger charge is 2.37. The first kappa shape index (κ1) is 27.5. The monoisotopic (exact) mass is 489 g/mol. The standard InChI is InChI=1S/C31H43N3O2/c1-10-31(8,9)28-24(17-25-29(35)34-26(20(6)7)30(36)32-25)23-16-21(13-11-18(2)3)15-22(27(23)33-28)14-12-19(4)5/h10-12,15-16,20,25-26,33H,1,13-14,17H2,2-9H3,(H,32,36)(H,34,35)/t25-,26+/m0/s1. The third-order valence-corrected chi connectivity index (χ3v) is 7.08. The van der Waals surface area contributed by atoms with Crippen molar-refractivity contribution < 1.29 is 9.59 Å². The maximum atomic E-state index is 13.1. The average molecular weight is 490 g/mol. The summed E-state index contributed by atoms with van der Waals surface area (Å²) < 4.78 is 0. The number of carbonyl (C=O) groups is 2. The molecule has 5 heteroatoms. The maximum absolute atomic E-state index is 13.1. The fraction of sp³-hybridized carbons (Fsp3) is 0.484. The number of hydrogen-bond donors (Lipinski definition) is 3. The van der Waals surface area contributed by atoms with E-state index in [1.807, 2.05) is 19.9 Å². The molecule has 2 aromatic rings. The molecule has 1 fully saturated rings. The number of allylic oxidation sites excluding steroid dienone is 5. The summed E-state index contributed by atoms with van der Waals surface area (Å²) in [5.74, 6) is -0.212. The van der Waals surface area contributed by atoms with E-state index in [2.05, 4.69) is 88.0 Å². The molecule has 0 spiro atoms. The van der Waals surface area contributed by atoms with E-state index in [0.717, 1.165) is 35.0 Å². The van der Waals surface area contributed by atoms with E-state index in [-0.39, 0.29) is 23.1 Å². The molecule has 0 bridgehead atoms. The van der Waals surface area contributed by atoms with Crippen LogP contribution < -0.4 is 10.6 Å². The van der Waals surface area contributed by atoms with Crippen molar-refractivity contribution in [2.45, 2.75) is 92.2 Å². The Morgan fingerprint density at radius 1 is 1.00 bits per heavy atom. The quantitative estimate of drug-likeness (QED) is 0.388. The number of fused-ring (bicyclic) bond motifs is 1. The lowest BCUT2D eigenvalue weighted by Crippen LogP contribution is -2.63. The van der Waals surface area contributed by atoms with Crippen LogP contribution in [-0.2, 0) is 34.3 Å². The first-order valence-electron chi connectivity index (χ1n) is 13.0. The van der Waals surface area contributed by atoms with Crippen molar-refractivity contribution in [1.82, 2.24) is 15.6 Å². The number of piperazine rings is 1. The number of aromatic amines is 1. The Morgan fingerprint density at radius 2 is 1.64 bits per heavy atom. The number of H-pyrrole nitrogens is 1. The van der Waals surface area contributed by atoms with Gasteiger partial charge < -0.3 is 15.6 Å². The lowest BCUT2D eigenvalue weighted by molar-refractivity contribution is -0.137. The second-order valence-electron chi connectivity index (χ2n) is 11.5. The summed E-state index contributed by atoms with van der Waals surface area (Å²) >= 11 is 0. The molecule has 3 rings (SSSR count). The largest absolute Gasteiger partial charge is 0.357 e. The van der Waals surface area contributed by atoms with Gasteiger partial charge in [0.1, 0.15) is 12.1 Å². The molecule has 2 atom stereocenters. The zero-order chi connectivity index (χ0) is 26.8. The molecule has 1 aliphatic rings. The summed E-state index contributed by atoms with van der Waals surface area (Å²) in [6, 6.07) is 3.42. The van der Waals surface area contributed by atoms with E-state index < -0.39 is 12.1 Å². The van der Waals surface area contributed by atoms with Gasteiger partial charge >= 0.3 is 0 Å². The Hall–Kier alpha value is -3.08. The van der Waals surface area contributed by atoms with Crippen LogP contribution in [0, 0.1) is 5.92 Å². The number of nitrogens with one attached hydrogen (secondary N) is 3. The Bertz CT molecular complexity index is 1220. The van der Waals surface area contributed by atoms with E-state index in [1.54, 1.807) is 0 Å². The molecule has 5 nitrogen and oxygen atoms in total. The molecule has 194 valence electrons. The van der Waals surface area contributed by atoms with Crippen molar-refractivity contribution in [3.63, 3.8) is 0 Å². The highest BCUT2D eigenvalue weighted by atomic mass is 16.2. The molecule has 1 aliphatic heterocycles. The molecule has 0 radical (unpaired) electrons. The van der Waals surface area contributed by atoms with Crippen molar-refractivity contribution in [2.75, 3.05) is 0 Å². The second-order valence-corrected chi connectivity index (χ2v) is 11.5. The molecule has 1 aromatic heterocycles. The van der Waals surface area contributed by atoms with E-state index in [0.29, 0.717) is 6.42 Å². The van der Waals surface area contributed by atoms with Crippen molar-refractivity contribution in [3.05, 3.63) is 70.5 Å². The first-order chi connectivity index (χ1) is 16.8. The van der Waals surface area contributed by atoms with Gasteiger partial charge in [0.25, 0.3) is 0 Å². The zero-order valence-electron chi connectivity index (χ0n) is 23.3. The Kier molecular flexibility index (Phi) is 8.33. The van der Waals surface area contributed by atoms with E-state index >= 15 is 0 Å². The fourth-order valence-corrected chi connectivity index (χ4v) is 4.73. The number of aromatic nitrogens is 1. The predicted octanol–water partition coefficient (Wildman–Crippen LogP) is 5.83. The van der Waals surface area contributed by atoms with Crippen LogP contribution in [0.5, 0.6) is 0 Å². The molecule has 3 N–H and O–H groups in total. The van der Waals surface area contributed by atoms with Gasteiger partial charge in [0, 0.05) is 28.4 Å². The van der Waals surface area contributed by atoms with Gasteiger partial charge in [-0.3, -0.25) is 9.59 Å². The molecular weight excluding hydrogens is 446 g/mol. The van der Waals surface area contributed by atoms with Gasteiger partial charge in [0.15, 0.2) is 0 Å². The summed E-state index contributed by atoms with van der Waals surface area (Å²) in [5.41, 5.74) is 7.89. The average Bonchev–Trinajstić information content (AvgIpc) is 3.17. The Morgan fingerprint density at radius 3 is 2.22 bits per heavy atom. The number of carbonyl (C=O) groups excluding carboxylic acids is 2. The minimum atomic E-state index is -0.617. The third kappa shape index (κ3) is 6.00. The van der Waals surface area contributed by atoms with E-state index in [1.165, 1.54) is 22.3 Å². The van der Waals surface area contributed by atoms with Crippen molar-refractivity contribution in [2.24, 2.45) is 5.92 Å². The van der Waals surface area contributed by atoms with Crippen molar-refractivity contribution in [3.8, 4) is 0 Å². The molecule has 1 saturated heterocycles. The molecule has 36 heavy (non-hydrogen) atoms. The topological polar surface area (TPSA) is 74.0 Å². The fourth-order valence-electron chi connectivity index (χ4n) is 4.73. The summed E-state index contributed by atoms with van der Waals surface area (Å²) in [7, 11) is 0. The molecule has 2 heterocycles. The summed E-state index contributed by atoms with van der Waals surface area (Å²) in [4.78, 5) is 29.6. The van der Waals surface area contributed by atoms with Crippen LogP contribution >= 0.6 is 0 Å². The number of amides is 2. The third-order valence-electron chi connectivity index (χ3n) is 7.08. The van der Waals surface area contributed by atoms with Crippen LogP contribution in [-0.4, -0.2) is 28.9 Å². The molecule has 0 aliphatic carbocycles. The minimum Gasteiger partial charge on any atom is -0.357 e. The number of hydrogen-bond acceptors (Lipinski definition) is 2. The molecule has 1 aromatic carbocycles. The van der Waals surface area contributed by atoms with Crippen molar-refractivity contribution in [1.29, 1.82) is 0 Å². The Labute approximate surface area is 216 Å². The SMILES string of the molecule is C=CC(C)(C)c1[nH]c2c(CC=C(C)C)cc(CC=C(C)C)cc2c1C[C@@H]1NC(=O)[C@@H](C(C)C)NC1=O. The number of benzene rings is 1. The van der Waals surface area contributed by atoms with Crippen LogP contribution in [0.4, 0.5) is 0 Å². The van der Waals surface area contributed by atoms with E-state index in [4.69, 9.17) is 0 Å². The molecule has 2 amide bonds. The van der Waals surface area contributed by atoms with Gasteiger partial charge in [-0.15, -0.1) is 6.58 Å². The van der Waals surface area contributed by atoms with Gasteiger partial charge in [-0.2, -0.15) is 0 Å². The lowest BCUT2D eigenvalue weighted by atomic mass is 9.84. The van der Waals surface area contributed by atoms with E-state index in [9.17, 15) is 9.59 Å². The molecular formula is C31H43N3O2. The highest BCUT2D eigenvalue weighted by Crippen LogP contribution is 2.36. The van der Waals surface area contributed by atoms with Crippen LogP contribution in [0.15, 0.2) is 48.1 Å². The summed E-state index contributed by atoms with van der Waals surface area (Å²) in [5, 5.41) is 7.05. The second kappa shape index (κ2) is 10.9. The van der Waals surface area contributed by atoms with Gasteiger partial charge in [-0.1, -0.05) is 63.1 Å². The van der Waals surface area contributed by atoms with Crippen molar-refractivity contribution >= 4 is 22.7 Å². The smallest absolute Gasteiger partial charge is 0.243 e. The minimum absolute atomic E-state index is 0.0357. The van der Waals surface area contributed by atoms with Gasteiger partial charge in [0.05, 0.1) is 0 Å². The Balaban J connectivity index is 2.18. The van der Waals surface area contributed by atoms with Crippen LogP contribution in [0.25, 0.3) is 10.9 Å². The number of rotatable bonds is 9. The van der Waals surface area contributed by atoms with Gasteiger partial charge in [-0.25, -0.2) is 0 Å². The predicted molar refractivity (Wildman–Crippen MR) is 150 cm³/mol.